The summed E-state index contributed by atoms with van der Waals surface area (Å²) in [5.74, 6) is 1.56. The Morgan fingerprint density at radius 2 is 1.79 bits per heavy atom. The van der Waals surface area contributed by atoms with Crippen molar-refractivity contribution in [2.45, 2.75) is 53.5 Å². The Balaban J connectivity index is 3.85. The molecule has 0 bridgehead atoms. The molecule has 0 rings (SSSR count). The molecule has 0 fully saturated rings. The minimum absolute atomic E-state index is 0.467. The second-order valence-electron chi connectivity index (χ2n) is 5.56. The van der Waals surface area contributed by atoms with E-state index >= 15 is 0 Å². The zero-order valence-electron chi connectivity index (χ0n) is 13.8. The Bertz CT molecular complexity index is 234. The highest BCUT2D eigenvalue weighted by Gasteiger charge is 2.06. The van der Waals surface area contributed by atoms with Crippen molar-refractivity contribution in [1.29, 1.82) is 0 Å². The maximum Gasteiger partial charge on any atom is 0.191 e. The molecule has 1 atom stereocenters. The minimum atomic E-state index is 0.467. The third-order valence-electron chi connectivity index (χ3n) is 3.29. The Hall–Kier alpha value is -0.770. The van der Waals surface area contributed by atoms with Gasteiger partial charge >= 0.3 is 0 Å². The van der Waals surface area contributed by atoms with Crippen molar-refractivity contribution in [1.82, 2.24) is 15.5 Å². The summed E-state index contributed by atoms with van der Waals surface area (Å²) < 4.78 is 0. The van der Waals surface area contributed by atoms with Crippen molar-refractivity contribution in [3.8, 4) is 0 Å². The highest BCUT2D eigenvalue weighted by Crippen LogP contribution is 1.99. The fourth-order valence-electron chi connectivity index (χ4n) is 1.96. The van der Waals surface area contributed by atoms with Gasteiger partial charge in [0.2, 0.25) is 0 Å². The van der Waals surface area contributed by atoms with E-state index in [0.717, 1.165) is 25.6 Å². The lowest BCUT2D eigenvalue weighted by Crippen LogP contribution is -2.43. The summed E-state index contributed by atoms with van der Waals surface area (Å²) in [5.41, 5.74) is 0. The predicted octanol–water partition coefficient (Wildman–Crippen LogP) is 2.32. The SMILES string of the molecule is CCN(CC)CCCC(C)NC(=NC)NCC(C)C. The fourth-order valence-corrected chi connectivity index (χ4v) is 1.96. The standard InChI is InChI=1S/C15H34N4/c1-7-19(8-2)11-9-10-14(5)18-15(16-6)17-12-13(3)4/h13-14H,7-12H2,1-6H3,(H2,16,17,18). The molecule has 0 saturated heterocycles. The first-order valence-corrected chi connectivity index (χ1v) is 7.72. The lowest BCUT2D eigenvalue weighted by Gasteiger charge is -2.21. The molecular weight excluding hydrogens is 236 g/mol. The van der Waals surface area contributed by atoms with Gasteiger partial charge in [0.15, 0.2) is 5.96 Å². The molecule has 0 aliphatic rings. The molecule has 0 aliphatic heterocycles. The smallest absolute Gasteiger partial charge is 0.191 e. The third kappa shape index (κ3) is 9.77. The van der Waals surface area contributed by atoms with Gasteiger partial charge in [-0.3, -0.25) is 4.99 Å². The molecule has 0 radical (unpaired) electrons. The molecule has 4 heteroatoms. The first-order valence-electron chi connectivity index (χ1n) is 7.72. The zero-order valence-corrected chi connectivity index (χ0v) is 13.8. The van der Waals surface area contributed by atoms with Gasteiger partial charge in [0.05, 0.1) is 0 Å². The summed E-state index contributed by atoms with van der Waals surface area (Å²) >= 11 is 0. The number of aliphatic imine (C=N–C) groups is 1. The molecule has 0 heterocycles. The molecule has 0 aliphatic carbocycles. The van der Waals surface area contributed by atoms with Crippen LogP contribution in [-0.4, -0.2) is 50.1 Å². The van der Waals surface area contributed by atoms with Gasteiger partial charge in [0, 0.05) is 19.6 Å². The average molecular weight is 270 g/mol. The van der Waals surface area contributed by atoms with Crippen molar-refractivity contribution in [2.75, 3.05) is 33.2 Å². The van der Waals surface area contributed by atoms with Gasteiger partial charge in [0.25, 0.3) is 0 Å². The predicted molar refractivity (Wildman–Crippen MR) is 85.8 cm³/mol. The molecule has 114 valence electrons. The van der Waals surface area contributed by atoms with Gasteiger partial charge in [-0.2, -0.15) is 0 Å². The third-order valence-corrected chi connectivity index (χ3v) is 3.29. The van der Waals surface area contributed by atoms with E-state index in [1.807, 2.05) is 7.05 Å². The number of rotatable bonds is 9. The monoisotopic (exact) mass is 270 g/mol. The van der Waals surface area contributed by atoms with Crippen LogP contribution in [0.1, 0.15) is 47.5 Å². The van der Waals surface area contributed by atoms with Crippen LogP contribution in [-0.2, 0) is 0 Å². The summed E-state index contributed by atoms with van der Waals surface area (Å²) in [7, 11) is 1.83. The van der Waals surface area contributed by atoms with E-state index in [0.29, 0.717) is 12.0 Å². The number of nitrogens with zero attached hydrogens (tertiary/aromatic N) is 2. The van der Waals surface area contributed by atoms with Crippen molar-refractivity contribution >= 4 is 5.96 Å². The Morgan fingerprint density at radius 1 is 1.16 bits per heavy atom. The van der Waals surface area contributed by atoms with Crippen LogP contribution in [0.3, 0.4) is 0 Å². The molecule has 4 nitrogen and oxygen atoms in total. The topological polar surface area (TPSA) is 39.7 Å². The lowest BCUT2D eigenvalue weighted by atomic mass is 10.2. The van der Waals surface area contributed by atoms with Crippen molar-refractivity contribution < 1.29 is 0 Å². The number of guanidine groups is 1. The zero-order chi connectivity index (χ0) is 14.7. The maximum absolute atomic E-state index is 4.26. The minimum Gasteiger partial charge on any atom is -0.356 e. The summed E-state index contributed by atoms with van der Waals surface area (Å²) in [4.78, 5) is 6.73. The lowest BCUT2D eigenvalue weighted by molar-refractivity contribution is 0.292. The quantitative estimate of drug-likeness (QED) is 0.499. The highest BCUT2D eigenvalue weighted by atomic mass is 15.2. The fraction of sp³-hybridized carbons (Fsp3) is 0.933. The Labute approximate surface area is 120 Å². The summed E-state index contributed by atoms with van der Waals surface area (Å²) in [6.07, 6.45) is 2.41. The molecule has 0 spiro atoms. The van der Waals surface area contributed by atoms with Crippen molar-refractivity contribution in [3.05, 3.63) is 0 Å². The van der Waals surface area contributed by atoms with E-state index in [-0.39, 0.29) is 0 Å². The van der Waals surface area contributed by atoms with Crippen LogP contribution in [0.5, 0.6) is 0 Å². The number of nitrogens with one attached hydrogen (secondary N) is 2. The van der Waals surface area contributed by atoms with Crippen LogP contribution >= 0.6 is 0 Å². The van der Waals surface area contributed by atoms with Gasteiger partial charge in [-0.25, -0.2) is 0 Å². The number of hydrogen-bond acceptors (Lipinski definition) is 2. The number of hydrogen-bond donors (Lipinski definition) is 2. The van der Waals surface area contributed by atoms with Crippen molar-refractivity contribution in [3.63, 3.8) is 0 Å². The van der Waals surface area contributed by atoms with Gasteiger partial charge < -0.3 is 15.5 Å². The van der Waals surface area contributed by atoms with Crippen LogP contribution in [0.25, 0.3) is 0 Å². The molecule has 0 aromatic heterocycles. The maximum atomic E-state index is 4.26. The molecule has 0 amide bonds. The van der Waals surface area contributed by atoms with Gasteiger partial charge in [-0.15, -0.1) is 0 Å². The molecule has 0 aromatic carbocycles. The van der Waals surface area contributed by atoms with Crippen LogP contribution < -0.4 is 10.6 Å². The van der Waals surface area contributed by atoms with Crippen LogP contribution in [0.4, 0.5) is 0 Å². The van der Waals surface area contributed by atoms with E-state index < -0.39 is 0 Å². The molecule has 1 unspecified atom stereocenters. The highest BCUT2D eigenvalue weighted by molar-refractivity contribution is 5.79. The largest absolute Gasteiger partial charge is 0.356 e. The van der Waals surface area contributed by atoms with E-state index in [1.165, 1.54) is 19.4 Å². The summed E-state index contributed by atoms with van der Waals surface area (Å²) in [5, 5.41) is 6.80. The Kier molecular flexibility index (Phi) is 10.6. The Morgan fingerprint density at radius 3 is 2.26 bits per heavy atom. The van der Waals surface area contributed by atoms with Crippen LogP contribution in [0, 0.1) is 5.92 Å². The van der Waals surface area contributed by atoms with Gasteiger partial charge in [0.1, 0.15) is 0 Å². The van der Waals surface area contributed by atoms with Crippen LogP contribution in [0.15, 0.2) is 4.99 Å². The average Bonchev–Trinajstić information content (AvgIpc) is 2.39. The second-order valence-corrected chi connectivity index (χ2v) is 5.56. The summed E-state index contributed by atoms with van der Waals surface area (Å²) in [6.45, 7) is 15.5. The first kappa shape index (κ1) is 18.2. The second kappa shape index (κ2) is 11.1. The molecule has 0 aromatic rings. The first-order chi connectivity index (χ1) is 9.03. The van der Waals surface area contributed by atoms with E-state index in [9.17, 15) is 0 Å². The van der Waals surface area contributed by atoms with Crippen LogP contribution in [0.2, 0.25) is 0 Å². The van der Waals surface area contributed by atoms with Gasteiger partial charge in [-0.05, 0) is 45.3 Å². The molecule has 0 saturated carbocycles. The van der Waals surface area contributed by atoms with Crippen molar-refractivity contribution in [2.24, 2.45) is 10.9 Å². The molecular formula is C15H34N4. The van der Waals surface area contributed by atoms with E-state index in [4.69, 9.17) is 0 Å². The molecule has 19 heavy (non-hydrogen) atoms. The van der Waals surface area contributed by atoms with E-state index in [1.54, 1.807) is 0 Å². The van der Waals surface area contributed by atoms with Gasteiger partial charge in [-0.1, -0.05) is 27.7 Å². The van der Waals surface area contributed by atoms with E-state index in [2.05, 4.69) is 55.1 Å². The summed E-state index contributed by atoms with van der Waals surface area (Å²) in [6, 6.07) is 0.467. The molecule has 2 N–H and O–H groups in total. The normalized spacial score (nSPS) is 14.0.